The van der Waals surface area contributed by atoms with Crippen LogP contribution in [0.2, 0.25) is 0 Å². The number of alkyl halides is 3. The van der Waals surface area contributed by atoms with Crippen molar-refractivity contribution in [3.8, 4) is 5.75 Å². The van der Waals surface area contributed by atoms with Crippen molar-refractivity contribution in [2.45, 2.75) is 39.3 Å². The van der Waals surface area contributed by atoms with Crippen LogP contribution >= 0.6 is 0 Å². The number of halogens is 3. The summed E-state index contributed by atoms with van der Waals surface area (Å²) in [5.41, 5.74) is -0.470. The van der Waals surface area contributed by atoms with Crippen LogP contribution in [0.25, 0.3) is 0 Å². The molecule has 7 heteroatoms. The lowest BCUT2D eigenvalue weighted by Gasteiger charge is -2.20. The van der Waals surface area contributed by atoms with Gasteiger partial charge in [0.1, 0.15) is 11.4 Å². The molecule has 0 aromatic heterocycles. The minimum atomic E-state index is -4.78. The van der Waals surface area contributed by atoms with Gasteiger partial charge in [-0.3, -0.25) is 0 Å². The number of nitrogens with one attached hydrogen (secondary N) is 1. The average Bonchev–Trinajstić information content (AvgIpc) is 2.23. The van der Waals surface area contributed by atoms with Gasteiger partial charge >= 0.3 is 12.5 Å². The zero-order valence-electron chi connectivity index (χ0n) is 11.4. The predicted molar refractivity (Wildman–Crippen MR) is 66.2 cm³/mol. The first kappa shape index (κ1) is 16.1. The molecule has 0 heterocycles. The second-order valence-corrected chi connectivity index (χ2v) is 5.01. The number of hydrogen-bond donors (Lipinski definition) is 1. The molecule has 0 aliphatic carbocycles. The van der Waals surface area contributed by atoms with Crippen LogP contribution < -0.4 is 10.1 Å². The van der Waals surface area contributed by atoms with Crippen LogP contribution in [0.5, 0.6) is 5.75 Å². The molecular weight excluding hydrogens is 275 g/mol. The number of carbonyl (C=O) groups is 1. The summed E-state index contributed by atoms with van der Waals surface area (Å²) in [5.74, 6) is -0.351. The second-order valence-electron chi connectivity index (χ2n) is 5.01. The maximum Gasteiger partial charge on any atom is 0.573 e. The average molecular weight is 291 g/mol. The van der Waals surface area contributed by atoms with E-state index in [1.54, 1.807) is 26.8 Å². The van der Waals surface area contributed by atoms with Crippen molar-refractivity contribution in [1.82, 2.24) is 5.32 Å². The van der Waals surface area contributed by atoms with E-state index < -0.39 is 18.1 Å². The van der Waals surface area contributed by atoms with Crippen LogP contribution in [-0.2, 0) is 11.3 Å². The van der Waals surface area contributed by atoms with E-state index >= 15 is 0 Å². The first-order valence-corrected chi connectivity index (χ1v) is 5.87. The fraction of sp³-hybridized carbons (Fsp3) is 0.462. The monoisotopic (exact) mass is 291 g/mol. The number of rotatable bonds is 3. The third-order valence-corrected chi connectivity index (χ3v) is 2.02. The van der Waals surface area contributed by atoms with Crippen molar-refractivity contribution in [2.24, 2.45) is 0 Å². The molecule has 0 unspecified atom stereocenters. The Morgan fingerprint density at radius 1 is 1.20 bits per heavy atom. The lowest BCUT2D eigenvalue weighted by molar-refractivity contribution is -0.274. The van der Waals surface area contributed by atoms with E-state index in [4.69, 9.17) is 4.74 Å². The van der Waals surface area contributed by atoms with Crippen LogP contribution in [0.15, 0.2) is 24.3 Å². The summed E-state index contributed by atoms with van der Waals surface area (Å²) in [6.07, 6.45) is -5.48. The zero-order chi connectivity index (χ0) is 15.4. The normalized spacial score (nSPS) is 11.9. The lowest BCUT2D eigenvalue weighted by Crippen LogP contribution is -2.32. The van der Waals surface area contributed by atoms with Crippen molar-refractivity contribution in [2.75, 3.05) is 0 Å². The number of amides is 1. The van der Waals surface area contributed by atoms with E-state index in [0.717, 1.165) is 0 Å². The molecule has 0 radical (unpaired) electrons. The number of ether oxygens (including phenoxy) is 2. The van der Waals surface area contributed by atoms with Gasteiger partial charge in [-0.25, -0.2) is 4.79 Å². The fourth-order valence-electron chi connectivity index (χ4n) is 1.36. The Morgan fingerprint density at radius 2 is 1.80 bits per heavy atom. The molecule has 1 amide bonds. The molecule has 4 nitrogen and oxygen atoms in total. The van der Waals surface area contributed by atoms with Crippen molar-refractivity contribution in [1.29, 1.82) is 0 Å². The molecule has 1 aromatic carbocycles. The molecule has 0 aliphatic rings. The van der Waals surface area contributed by atoms with Crippen LogP contribution in [0.3, 0.4) is 0 Å². The van der Waals surface area contributed by atoms with Gasteiger partial charge in [-0.05, 0) is 26.8 Å². The van der Waals surface area contributed by atoms with E-state index in [0.29, 0.717) is 0 Å². The van der Waals surface area contributed by atoms with Gasteiger partial charge in [0.25, 0.3) is 0 Å². The minimum absolute atomic E-state index is 0.124. The molecule has 1 rings (SSSR count). The molecule has 0 saturated carbocycles. The number of hydrogen-bond acceptors (Lipinski definition) is 3. The quantitative estimate of drug-likeness (QED) is 0.925. The van der Waals surface area contributed by atoms with Crippen LogP contribution in [-0.4, -0.2) is 18.1 Å². The van der Waals surface area contributed by atoms with E-state index in [1.807, 2.05) is 0 Å². The van der Waals surface area contributed by atoms with Crippen molar-refractivity contribution in [3.05, 3.63) is 29.8 Å². The van der Waals surface area contributed by atoms with Crippen molar-refractivity contribution in [3.63, 3.8) is 0 Å². The van der Waals surface area contributed by atoms with Gasteiger partial charge in [-0.1, -0.05) is 18.2 Å². The minimum Gasteiger partial charge on any atom is -0.444 e. The Hall–Kier alpha value is -1.92. The molecule has 0 saturated heterocycles. The Balaban J connectivity index is 2.67. The Morgan fingerprint density at radius 3 is 2.35 bits per heavy atom. The second kappa shape index (κ2) is 6.02. The number of carbonyl (C=O) groups excluding carboxylic acids is 1. The van der Waals surface area contributed by atoms with Crippen LogP contribution in [0.1, 0.15) is 26.3 Å². The molecule has 1 N–H and O–H groups in total. The fourth-order valence-corrected chi connectivity index (χ4v) is 1.36. The largest absolute Gasteiger partial charge is 0.573 e. The first-order valence-electron chi connectivity index (χ1n) is 5.87. The number of benzene rings is 1. The Labute approximate surface area is 114 Å². The summed E-state index contributed by atoms with van der Waals surface area (Å²) < 4.78 is 45.5. The van der Waals surface area contributed by atoms with Gasteiger partial charge in [0.05, 0.1) is 0 Å². The van der Waals surface area contributed by atoms with Gasteiger partial charge in [-0.2, -0.15) is 0 Å². The lowest BCUT2D eigenvalue weighted by atomic mass is 10.2. The van der Waals surface area contributed by atoms with Gasteiger partial charge in [-0.15, -0.1) is 13.2 Å². The highest BCUT2D eigenvalue weighted by molar-refractivity contribution is 5.67. The smallest absolute Gasteiger partial charge is 0.444 e. The summed E-state index contributed by atoms with van der Waals surface area (Å²) in [5, 5.41) is 2.37. The highest BCUT2D eigenvalue weighted by Gasteiger charge is 2.32. The van der Waals surface area contributed by atoms with Gasteiger partial charge in [0, 0.05) is 12.1 Å². The third kappa shape index (κ3) is 6.31. The first-order chi connectivity index (χ1) is 9.07. The van der Waals surface area contributed by atoms with Gasteiger partial charge in [0.2, 0.25) is 0 Å². The maximum atomic E-state index is 12.2. The molecule has 20 heavy (non-hydrogen) atoms. The van der Waals surface area contributed by atoms with Crippen molar-refractivity contribution < 1.29 is 27.4 Å². The van der Waals surface area contributed by atoms with Crippen LogP contribution in [0.4, 0.5) is 18.0 Å². The highest BCUT2D eigenvalue weighted by atomic mass is 19.4. The molecule has 112 valence electrons. The standard InChI is InChI=1S/C13H16F3NO3/c1-12(2,3)20-11(18)17-8-9-6-4-5-7-10(9)19-13(14,15)16/h4-7H,8H2,1-3H3,(H,17,18). The predicted octanol–water partition coefficient (Wildman–Crippen LogP) is 3.61. The van der Waals surface area contributed by atoms with Crippen LogP contribution in [0, 0.1) is 0 Å². The molecule has 0 bridgehead atoms. The molecule has 1 aromatic rings. The van der Waals surface area contributed by atoms with E-state index in [2.05, 4.69) is 10.1 Å². The maximum absolute atomic E-state index is 12.2. The third-order valence-electron chi connectivity index (χ3n) is 2.02. The highest BCUT2D eigenvalue weighted by Crippen LogP contribution is 2.26. The van der Waals surface area contributed by atoms with Gasteiger partial charge in [0.15, 0.2) is 0 Å². The van der Waals surface area contributed by atoms with Gasteiger partial charge < -0.3 is 14.8 Å². The van der Waals surface area contributed by atoms with E-state index in [9.17, 15) is 18.0 Å². The topological polar surface area (TPSA) is 47.6 Å². The summed E-state index contributed by atoms with van der Waals surface area (Å²) in [6, 6.07) is 5.57. The Bertz CT molecular complexity index is 467. The summed E-state index contributed by atoms with van der Waals surface area (Å²) in [7, 11) is 0. The number of para-hydroxylation sites is 1. The van der Waals surface area contributed by atoms with E-state index in [1.165, 1.54) is 18.2 Å². The molecule has 0 aliphatic heterocycles. The summed E-state index contributed by atoms with van der Waals surface area (Å²) >= 11 is 0. The van der Waals surface area contributed by atoms with E-state index in [-0.39, 0.29) is 17.9 Å². The molecule has 0 fully saturated rings. The SMILES string of the molecule is CC(C)(C)OC(=O)NCc1ccccc1OC(F)(F)F. The number of alkyl carbamates (subject to hydrolysis) is 1. The Kier molecular flexibility index (Phi) is 4.86. The zero-order valence-corrected chi connectivity index (χ0v) is 11.4. The summed E-state index contributed by atoms with van der Waals surface area (Å²) in [4.78, 5) is 11.4. The molecular formula is C13H16F3NO3. The molecule has 0 atom stereocenters. The van der Waals surface area contributed by atoms with Crippen molar-refractivity contribution >= 4 is 6.09 Å². The summed E-state index contributed by atoms with van der Waals surface area (Å²) in [6.45, 7) is 4.94. The molecule has 0 spiro atoms.